The van der Waals surface area contributed by atoms with Crippen LogP contribution >= 0.6 is 11.6 Å². The minimum absolute atomic E-state index is 0.0129. The zero-order valence-corrected chi connectivity index (χ0v) is 16.1. The summed E-state index contributed by atoms with van der Waals surface area (Å²) < 4.78 is 1.85. The Morgan fingerprint density at radius 2 is 2.04 bits per heavy atom. The minimum Gasteiger partial charge on any atom is -0.349 e. The number of nitrogens with zero attached hydrogens (tertiary/aromatic N) is 4. The second-order valence-electron chi connectivity index (χ2n) is 7.09. The lowest BCUT2D eigenvalue weighted by Gasteiger charge is -2.25. The maximum atomic E-state index is 12.5. The lowest BCUT2D eigenvalue weighted by Crippen LogP contribution is -2.34. The van der Waals surface area contributed by atoms with Crippen LogP contribution < -0.4 is 5.32 Å². The van der Waals surface area contributed by atoms with Crippen LogP contribution in [0.2, 0.25) is 5.02 Å². The van der Waals surface area contributed by atoms with E-state index in [1.54, 1.807) is 6.20 Å². The zero-order chi connectivity index (χ0) is 18.5. The summed E-state index contributed by atoms with van der Waals surface area (Å²) in [5.74, 6) is -0.203. The fourth-order valence-corrected chi connectivity index (χ4v) is 3.76. The van der Waals surface area contributed by atoms with Crippen molar-refractivity contribution in [1.82, 2.24) is 25.2 Å². The van der Waals surface area contributed by atoms with Crippen molar-refractivity contribution >= 4 is 17.5 Å². The molecule has 7 heteroatoms. The molecule has 6 nitrogen and oxygen atoms in total. The van der Waals surface area contributed by atoms with Crippen LogP contribution in [0.15, 0.2) is 30.5 Å². The Bertz CT molecular complexity index is 739. The van der Waals surface area contributed by atoms with E-state index in [0.29, 0.717) is 23.3 Å². The Kier molecular flexibility index (Phi) is 6.27. The third-order valence-corrected chi connectivity index (χ3v) is 5.38. The molecule has 0 saturated heterocycles. The molecule has 1 aliphatic carbocycles. The van der Waals surface area contributed by atoms with Crippen molar-refractivity contribution in [2.75, 3.05) is 20.6 Å². The second kappa shape index (κ2) is 8.64. The van der Waals surface area contributed by atoms with Crippen molar-refractivity contribution in [3.8, 4) is 0 Å². The van der Waals surface area contributed by atoms with Gasteiger partial charge in [-0.25, -0.2) is 4.68 Å². The number of hydrogen-bond donors (Lipinski definition) is 1. The molecule has 0 bridgehead atoms. The van der Waals surface area contributed by atoms with Gasteiger partial charge in [0.25, 0.3) is 5.91 Å². The molecule has 1 N–H and O–H groups in total. The summed E-state index contributed by atoms with van der Waals surface area (Å²) in [5, 5.41) is 11.9. The molecule has 0 radical (unpaired) electrons. The molecule has 1 fully saturated rings. The number of carbonyl (C=O) groups excluding carboxylic acids is 1. The molecule has 2 aromatic rings. The van der Waals surface area contributed by atoms with Gasteiger partial charge in [0.15, 0.2) is 5.69 Å². The first-order chi connectivity index (χ1) is 12.6. The van der Waals surface area contributed by atoms with Gasteiger partial charge in [0.1, 0.15) is 0 Å². The van der Waals surface area contributed by atoms with Crippen molar-refractivity contribution in [2.24, 2.45) is 0 Å². The number of carbonyl (C=O) groups is 1. The zero-order valence-electron chi connectivity index (χ0n) is 15.4. The molecule has 1 unspecified atom stereocenters. The first-order valence-corrected chi connectivity index (χ1v) is 9.55. The lowest BCUT2D eigenvalue weighted by molar-refractivity contribution is 0.0937. The highest BCUT2D eigenvalue weighted by Crippen LogP contribution is 2.27. The van der Waals surface area contributed by atoms with Gasteiger partial charge < -0.3 is 10.2 Å². The van der Waals surface area contributed by atoms with E-state index in [4.69, 9.17) is 11.6 Å². The van der Waals surface area contributed by atoms with Gasteiger partial charge in [0.05, 0.1) is 18.3 Å². The number of likely N-dealkylation sites (N-methyl/N-ethyl adjacent to an activating group) is 1. The normalized spacial score (nSPS) is 16.6. The van der Waals surface area contributed by atoms with Gasteiger partial charge in [0, 0.05) is 11.6 Å². The number of amides is 1. The number of hydrogen-bond acceptors (Lipinski definition) is 4. The molecular formula is C19H26ClN5O. The van der Waals surface area contributed by atoms with E-state index in [-0.39, 0.29) is 11.9 Å². The molecule has 1 saturated carbocycles. The highest BCUT2D eigenvalue weighted by Gasteiger charge is 2.21. The van der Waals surface area contributed by atoms with Crippen LogP contribution in [0.4, 0.5) is 0 Å². The van der Waals surface area contributed by atoms with Crippen molar-refractivity contribution in [2.45, 2.75) is 44.2 Å². The molecule has 1 atom stereocenters. The molecule has 1 amide bonds. The number of nitrogens with one attached hydrogen (secondary N) is 1. The van der Waals surface area contributed by atoms with Crippen LogP contribution in [0.5, 0.6) is 0 Å². The Morgan fingerprint density at radius 1 is 1.31 bits per heavy atom. The quantitative estimate of drug-likeness (QED) is 0.839. The third-order valence-electron chi connectivity index (χ3n) is 5.04. The minimum atomic E-state index is -0.203. The summed E-state index contributed by atoms with van der Waals surface area (Å²) in [4.78, 5) is 14.5. The summed E-state index contributed by atoms with van der Waals surface area (Å²) in [6.45, 7) is 0.450. The number of benzene rings is 1. The first-order valence-electron chi connectivity index (χ1n) is 9.17. The predicted octanol–water partition coefficient (Wildman–Crippen LogP) is 3.47. The van der Waals surface area contributed by atoms with Crippen LogP contribution in [0.25, 0.3) is 0 Å². The van der Waals surface area contributed by atoms with Gasteiger partial charge in [-0.05, 0) is 38.6 Å². The third kappa shape index (κ3) is 4.43. The Balaban J connectivity index is 1.64. The molecular weight excluding hydrogens is 350 g/mol. The molecule has 1 aromatic carbocycles. The number of halogens is 1. The van der Waals surface area contributed by atoms with Crippen LogP contribution in [0.1, 0.15) is 60.2 Å². The molecule has 26 heavy (non-hydrogen) atoms. The van der Waals surface area contributed by atoms with Gasteiger partial charge >= 0.3 is 0 Å². The average Bonchev–Trinajstić information content (AvgIpc) is 3.14. The Labute approximate surface area is 159 Å². The van der Waals surface area contributed by atoms with Crippen LogP contribution in [-0.4, -0.2) is 46.4 Å². The maximum absolute atomic E-state index is 12.5. The monoisotopic (exact) mass is 375 g/mol. The van der Waals surface area contributed by atoms with Gasteiger partial charge in [0.2, 0.25) is 0 Å². The lowest BCUT2D eigenvalue weighted by atomic mass is 9.96. The molecule has 1 aliphatic rings. The fraction of sp³-hybridized carbons (Fsp3) is 0.526. The summed E-state index contributed by atoms with van der Waals surface area (Å²) in [6, 6.07) is 8.07. The van der Waals surface area contributed by atoms with E-state index in [2.05, 4.69) is 15.6 Å². The standard InChI is InChI=1S/C19H26ClN5O/c1-24(2)18(15-10-6-7-11-16(15)20)12-21-19(26)17-13-25(23-22-17)14-8-4-3-5-9-14/h6-7,10-11,13-14,18H,3-5,8-9,12H2,1-2H3,(H,21,26). The average molecular weight is 376 g/mol. The molecule has 0 spiro atoms. The fourth-order valence-electron chi connectivity index (χ4n) is 3.50. The SMILES string of the molecule is CN(C)C(CNC(=O)c1cn(C2CCCCC2)nn1)c1ccccc1Cl. The van der Waals surface area contributed by atoms with E-state index < -0.39 is 0 Å². The topological polar surface area (TPSA) is 63.1 Å². The molecule has 0 aliphatic heterocycles. The highest BCUT2D eigenvalue weighted by atomic mass is 35.5. The van der Waals surface area contributed by atoms with Crippen LogP contribution in [0, 0.1) is 0 Å². The largest absolute Gasteiger partial charge is 0.349 e. The van der Waals surface area contributed by atoms with E-state index >= 15 is 0 Å². The Hall–Kier alpha value is -1.92. The van der Waals surface area contributed by atoms with Gasteiger partial charge in [-0.1, -0.05) is 54.3 Å². The summed E-state index contributed by atoms with van der Waals surface area (Å²) in [6.07, 6.45) is 7.71. The van der Waals surface area contributed by atoms with E-state index in [1.807, 2.05) is 47.9 Å². The van der Waals surface area contributed by atoms with E-state index in [1.165, 1.54) is 19.3 Å². The number of aromatic nitrogens is 3. The molecule has 1 heterocycles. The first kappa shape index (κ1) is 18.9. The van der Waals surface area contributed by atoms with Crippen LogP contribution in [0.3, 0.4) is 0 Å². The summed E-state index contributed by atoms with van der Waals surface area (Å²) in [7, 11) is 3.94. The highest BCUT2D eigenvalue weighted by molar-refractivity contribution is 6.31. The van der Waals surface area contributed by atoms with Crippen molar-refractivity contribution in [1.29, 1.82) is 0 Å². The van der Waals surface area contributed by atoms with Gasteiger partial charge in [-0.2, -0.15) is 0 Å². The molecule has 140 valence electrons. The molecule has 3 rings (SSSR count). The van der Waals surface area contributed by atoms with Crippen molar-refractivity contribution in [3.05, 3.63) is 46.7 Å². The summed E-state index contributed by atoms with van der Waals surface area (Å²) >= 11 is 6.32. The van der Waals surface area contributed by atoms with Gasteiger partial charge in [-0.3, -0.25) is 4.79 Å². The predicted molar refractivity (Wildman–Crippen MR) is 102 cm³/mol. The van der Waals surface area contributed by atoms with Gasteiger partial charge in [-0.15, -0.1) is 5.10 Å². The van der Waals surface area contributed by atoms with E-state index in [9.17, 15) is 4.79 Å². The smallest absolute Gasteiger partial charge is 0.273 e. The van der Waals surface area contributed by atoms with Crippen LogP contribution in [-0.2, 0) is 0 Å². The second-order valence-corrected chi connectivity index (χ2v) is 7.49. The van der Waals surface area contributed by atoms with Crippen molar-refractivity contribution < 1.29 is 4.79 Å². The number of rotatable bonds is 6. The summed E-state index contributed by atoms with van der Waals surface area (Å²) in [5.41, 5.74) is 1.36. The Morgan fingerprint density at radius 3 is 2.73 bits per heavy atom. The molecule has 1 aromatic heterocycles. The van der Waals surface area contributed by atoms with Crippen molar-refractivity contribution in [3.63, 3.8) is 0 Å². The van der Waals surface area contributed by atoms with E-state index in [0.717, 1.165) is 18.4 Å². The maximum Gasteiger partial charge on any atom is 0.273 e.